The minimum Gasteiger partial charge on any atom is -0.493 e. The Morgan fingerprint density at radius 1 is 1.33 bits per heavy atom. The van der Waals surface area contributed by atoms with E-state index in [1.54, 1.807) is 18.2 Å². The molecule has 0 spiro atoms. The summed E-state index contributed by atoms with van der Waals surface area (Å²) >= 11 is 0. The third kappa shape index (κ3) is 4.26. The number of carbonyl (C=O) groups excluding carboxylic acids is 1. The van der Waals surface area contributed by atoms with Gasteiger partial charge in [0, 0.05) is 5.56 Å². The van der Waals surface area contributed by atoms with Crippen molar-refractivity contribution < 1.29 is 14.3 Å². The van der Waals surface area contributed by atoms with Crippen LogP contribution in [-0.4, -0.2) is 37.6 Å². The van der Waals surface area contributed by atoms with Gasteiger partial charge < -0.3 is 14.4 Å². The maximum Gasteiger partial charge on any atom is 0.255 e. The second kappa shape index (κ2) is 8.23. The second-order valence-corrected chi connectivity index (χ2v) is 3.94. The molecule has 108 valence electrons. The highest BCUT2D eigenvalue weighted by atomic mass is 16.5. The minimum absolute atomic E-state index is 0.149. The largest absolute Gasteiger partial charge is 0.493 e. The fourth-order valence-electron chi connectivity index (χ4n) is 1.62. The van der Waals surface area contributed by atoms with Gasteiger partial charge in [-0.1, -0.05) is 12.7 Å². The molecule has 0 N–H and O–H groups in total. The molecule has 0 bridgehead atoms. The molecule has 0 aliphatic heterocycles. The molecular formula is C15H15N3O3. The lowest BCUT2D eigenvalue weighted by Gasteiger charge is -2.17. The first-order valence-electron chi connectivity index (χ1n) is 6.12. The Kier molecular flexibility index (Phi) is 6.30. The molecule has 1 aromatic carbocycles. The number of nitrogens with zero attached hydrogens (tertiary/aromatic N) is 3. The fraction of sp³-hybridized carbons (Fsp3) is 0.267. The van der Waals surface area contributed by atoms with Crippen molar-refractivity contribution in [3.63, 3.8) is 0 Å². The van der Waals surface area contributed by atoms with Gasteiger partial charge in [0.1, 0.15) is 19.7 Å². The van der Waals surface area contributed by atoms with Crippen molar-refractivity contribution in [2.75, 3.05) is 26.8 Å². The van der Waals surface area contributed by atoms with Gasteiger partial charge in [-0.15, -0.1) is 0 Å². The lowest BCUT2D eigenvalue weighted by molar-refractivity contribution is 0.0794. The maximum absolute atomic E-state index is 12.2. The van der Waals surface area contributed by atoms with E-state index in [0.717, 1.165) is 4.90 Å². The highest BCUT2D eigenvalue weighted by Gasteiger charge is 2.17. The first-order chi connectivity index (χ1) is 10.2. The van der Waals surface area contributed by atoms with E-state index < -0.39 is 5.91 Å². The van der Waals surface area contributed by atoms with Crippen LogP contribution in [0.2, 0.25) is 0 Å². The number of methoxy groups -OCH3 is 1. The molecule has 1 amide bonds. The van der Waals surface area contributed by atoms with Gasteiger partial charge in [0.2, 0.25) is 0 Å². The van der Waals surface area contributed by atoms with Crippen molar-refractivity contribution in [2.24, 2.45) is 0 Å². The van der Waals surface area contributed by atoms with Crippen LogP contribution < -0.4 is 9.47 Å². The standard InChI is InChI=1S/C15H15N3O3/c1-3-10-21-13-5-4-12(11-14(13)20-2)15(19)18(8-6-16)9-7-17/h3-5,11H,1,8-10H2,2H3. The maximum atomic E-state index is 12.2. The summed E-state index contributed by atoms with van der Waals surface area (Å²) in [5.74, 6) is 0.476. The van der Waals surface area contributed by atoms with Crippen molar-refractivity contribution in [3.8, 4) is 23.6 Å². The number of rotatable bonds is 7. The summed E-state index contributed by atoms with van der Waals surface area (Å²) in [4.78, 5) is 13.4. The molecule has 21 heavy (non-hydrogen) atoms. The molecule has 6 nitrogen and oxygen atoms in total. The van der Waals surface area contributed by atoms with Gasteiger partial charge >= 0.3 is 0 Å². The predicted octanol–water partition coefficient (Wildman–Crippen LogP) is 1.75. The van der Waals surface area contributed by atoms with Crippen molar-refractivity contribution in [3.05, 3.63) is 36.4 Å². The molecule has 0 fully saturated rings. The fourth-order valence-corrected chi connectivity index (χ4v) is 1.62. The molecular weight excluding hydrogens is 270 g/mol. The molecule has 0 atom stereocenters. The van der Waals surface area contributed by atoms with Crippen molar-refractivity contribution >= 4 is 5.91 Å². The highest BCUT2D eigenvalue weighted by Crippen LogP contribution is 2.28. The van der Waals surface area contributed by atoms with Crippen LogP contribution >= 0.6 is 0 Å². The third-order valence-corrected chi connectivity index (χ3v) is 2.58. The smallest absolute Gasteiger partial charge is 0.255 e. The lowest BCUT2D eigenvalue weighted by Crippen LogP contribution is -2.31. The summed E-state index contributed by atoms with van der Waals surface area (Å²) in [7, 11) is 1.46. The summed E-state index contributed by atoms with van der Waals surface area (Å²) in [6, 6.07) is 8.40. The molecule has 6 heteroatoms. The Hall–Kier alpha value is -2.99. The van der Waals surface area contributed by atoms with Gasteiger partial charge in [-0.25, -0.2) is 0 Å². The van der Waals surface area contributed by atoms with Crippen LogP contribution in [0.3, 0.4) is 0 Å². The van der Waals surface area contributed by atoms with Crippen LogP contribution in [0.5, 0.6) is 11.5 Å². The summed E-state index contributed by atoms with van der Waals surface area (Å²) in [5, 5.41) is 17.4. The molecule has 0 aromatic heterocycles. The number of carbonyl (C=O) groups is 1. The molecule has 0 aliphatic rings. The van der Waals surface area contributed by atoms with Gasteiger partial charge in [0.15, 0.2) is 11.5 Å². The normalized spacial score (nSPS) is 9.10. The van der Waals surface area contributed by atoms with Crippen LogP contribution in [0.15, 0.2) is 30.9 Å². The summed E-state index contributed by atoms with van der Waals surface area (Å²) in [6.07, 6.45) is 1.60. The molecule has 0 heterocycles. The van der Waals surface area contributed by atoms with Crippen molar-refractivity contribution in [1.29, 1.82) is 10.5 Å². The Bertz CT molecular complexity index is 583. The average molecular weight is 285 g/mol. The summed E-state index contributed by atoms with van der Waals surface area (Å²) < 4.78 is 10.6. The van der Waals surface area contributed by atoms with E-state index in [-0.39, 0.29) is 13.1 Å². The van der Waals surface area contributed by atoms with Crippen molar-refractivity contribution in [2.45, 2.75) is 0 Å². The van der Waals surface area contributed by atoms with E-state index in [1.807, 2.05) is 12.1 Å². The summed E-state index contributed by atoms with van der Waals surface area (Å²) in [6.45, 7) is 3.57. The number of benzene rings is 1. The van der Waals surface area contributed by atoms with E-state index >= 15 is 0 Å². The molecule has 0 unspecified atom stereocenters. The van der Waals surface area contributed by atoms with Gasteiger partial charge in [-0.05, 0) is 18.2 Å². The SMILES string of the molecule is C=CCOc1ccc(C(=O)N(CC#N)CC#N)cc1OC. The second-order valence-electron chi connectivity index (χ2n) is 3.94. The number of hydrogen-bond acceptors (Lipinski definition) is 5. The molecule has 0 aliphatic carbocycles. The number of amides is 1. The van der Waals surface area contributed by atoms with E-state index in [0.29, 0.717) is 23.7 Å². The Balaban J connectivity index is 3.02. The number of nitriles is 2. The predicted molar refractivity (Wildman–Crippen MR) is 75.8 cm³/mol. The van der Waals surface area contributed by atoms with Crippen LogP contribution in [0.25, 0.3) is 0 Å². The molecule has 0 radical (unpaired) electrons. The molecule has 1 rings (SSSR count). The Morgan fingerprint density at radius 3 is 2.52 bits per heavy atom. The van der Waals surface area contributed by atoms with Crippen LogP contribution in [0.4, 0.5) is 0 Å². The first-order valence-corrected chi connectivity index (χ1v) is 6.12. The average Bonchev–Trinajstić information content (AvgIpc) is 2.51. The zero-order valence-corrected chi connectivity index (χ0v) is 11.7. The van der Waals surface area contributed by atoms with Crippen molar-refractivity contribution in [1.82, 2.24) is 4.90 Å². The van der Waals surface area contributed by atoms with E-state index in [9.17, 15) is 4.79 Å². The van der Waals surface area contributed by atoms with Gasteiger partial charge in [-0.2, -0.15) is 10.5 Å². The molecule has 0 saturated heterocycles. The highest BCUT2D eigenvalue weighted by molar-refractivity contribution is 5.95. The van der Waals surface area contributed by atoms with Crippen LogP contribution in [0.1, 0.15) is 10.4 Å². The number of hydrogen-bond donors (Lipinski definition) is 0. The van der Waals surface area contributed by atoms with Crippen LogP contribution in [-0.2, 0) is 0 Å². The zero-order chi connectivity index (χ0) is 15.7. The van der Waals surface area contributed by atoms with E-state index in [2.05, 4.69) is 6.58 Å². The van der Waals surface area contributed by atoms with Gasteiger partial charge in [0.25, 0.3) is 5.91 Å². The van der Waals surface area contributed by atoms with Crippen LogP contribution in [0, 0.1) is 22.7 Å². The summed E-state index contributed by atoms with van der Waals surface area (Å²) in [5.41, 5.74) is 0.323. The zero-order valence-electron chi connectivity index (χ0n) is 11.7. The number of ether oxygens (including phenoxy) is 2. The topological polar surface area (TPSA) is 86.4 Å². The molecule has 0 saturated carbocycles. The van der Waals surface area contributed by atoms with E-state index in [1.165, 1.54) is 13.2 Å². The lowest BCUT2D eigenvalue weighted by atomic mass is 10.1. The first kappa shape index (κ1) is 16.1. The van der Waals surface area contributed by atoms with Gasteiger partial charge in [-0.3, -0.25) is 4.79 Å². The monoisotopic (exact) mass is 285 g/mol. The minimum atomic E-state index is -0.410. The third-order valence-electron chi connectivity index (χ3n) is 2.58. The quantitative estimate of drug-likeness (QED) is 0.562. The Morgan fingerprint density at radius 2 is 2.00 bits per heavy atom. The van der Waals surface area contributed by atoms with E-state index in [4.69, 9.17) is 20.0 Å². The molecule has 1 aromatic rings. The van der Waals surface area contributed by atoms with Gasteiger partial charge in [0.05, 0.1) is 19.2 Å². The Labute approximate surface area is 123 Å².